The summed E-state index contributed by atoms with van der Waals surface area (Å²) < 4.78 is 10.9. The van der Waals surface area contributed by atoms with E-state index in [1.54, 1.807) is 14.2 Å². The van der Waals surface area contributed by atoms with Gasteiger partial charge >= 0.3 is 6.03 Å². The van der Waals surface area contributed by atoms with E-state index in [0.29, 0.717) is 0 Å². The molecule has 5 heteroatoms. The van der Waals surface area contributed by atoms with E-state index < -0.39 is 0 Å². The van der Waals surface area contributed by atoms with E-state index in [1.165, 1.54) is 0 Å². The minimum Gasteiger partial charge on any atom is -0.497 e. The quantitative estimate of drug-likeness (QED) is 0.813. The summed E-state index contributed by atoms with van der Waals surface area (Å²) in [7, 11) is 3.29. The number of carbonyl (C=O) groups excluding carboxylic acids is 1. The van der Waals surface area contributed by atoms with Crippen molar-refractivity contribution in [3.05, 3.63) is 53.1 Å². The molecule has 2 amide bonds. The fourth-order valence-corrected chi connectivity index (χ4v) is 3.81. The lowest BCUT2D eigenvalue weighted by atomic mass is 10.0. The molecule has 1 aliphatic heterocycles. The van der Waals surface area contributed by atoms with Crippen molar-refractivity contribution in [3.63, 3.8) is 0 Å². The van der Waals surface area contributed by atoms with Crippen LogP contribution in [0.15, 0.2) is 36.4 Å². The van der Waals surface area contributed by atoms with Crippen LogP contribution in [0.3, 0.4) is 0 Å². The molecule has 2 aromatic rings. The Bertz CT molecular complexity index is 819. The number of hydrogen-bond donors (Lipinski definition) is 1. The SMILES string of the molecule is CCc1cccc(C)c1NC(=O)N1CCCC1c1ccc(OC)cc1OC. The summed E-state index contributed by atoms with van der Waals surface area (Å²) in [4.78, 5) is 15.0. The molecule has 27 heavy (non-hydrogen) atoms. The van der Waals surface area contributed by atoms with Crippen LogP contribution in [-0.4, -0.2) is 31.7 Å². The second-order valence-corrected chi connectivity index (χ2v) is 6.85. The molecule has 0 bridgehead atoms. The fraction of sp³-hybridized carbons (Fsp3) is 0.409. The highest BCUT2D eigenvalue weighted by Crippen LogP contribution is 2.39. The number of nitrogens with one attached hydrogen (secondary N) is 1. The van der Waals surface area contributed by atoms with Gasteiger partial charge in [-0.1, -0.05) is 25.1 Å². The number of urea groups is 1. The largest absolute Gasteiger partial charge is 0.497 e. The van der Waals surface area contributed by atoms with Gasteiger partial charge < -0.3 is 19.7 Å². The highest BCUT2D eigenvalue weighted by Gasteiger charge is 2.32. The van der Waals surface area contributed by atoms with Crippen molar-refractivity contribution < 1.29 is 14.3 Å². The van der Waals surface area contributed by atoms with Gasteiger partial charge in [-0.2, -0.15) is 0 Å². The van der Waals surface area contributed by atoms with Gasteiger partial charge in [-0.15, -0.1) is 0 Å². The van der Waals surface area contributed by atoms with Crippen LogP contribution in [0.2, 0.25) is 0 Å². The van der Waals surface area contributed by atoms with E-state index in [2.05, 4.69) is 18.3 Å². The first kappa shape index (κ1) is 19.1. The Labute approximate surface area is 161 Å². The number of nitrogens with zero attached hydrogens (tertiary/aromatic N) is 1. The van der Waals surface area contributed by atoms with Crippen molar-refractivity contribution >= 4 is 11.7 Å². The number of amides is 2. The highest BCUT2D eigenvalue weighted by atomic mass is 16.5. The van der Waals surface area contributed by atoms with Gasteiger partial charge in [-0.05, 0) is 49.4 Å². The maximum absolute atomic E-state index is 13.1. The molecule has 144 valence electrons. The zero-order valence-electron chi connectivity index (χ0n) is 16.5. The Balaban J connectivity index is 1.86. The van der Waals surface area contributed by atoms with Crippen LogP contribution >= 0.6 is 0 Å². The number of ether oxygens (including phenoxy) is 2. The molecule has 2 aromatic carbocycles. The predicted octanol–water partition coefficient (Wildman–Crippen LogP) is 4.94. The third kappa shape index (κ3) is 3.87. The number of anilines is 1. The van der Waals surface area contributed by atoms with Gasteiger partial charge in [0.1, 0.15) is 11.5 Å². The van der Waals surface area contributed by atoms with Gasteiger partial charge in [0.2, 0.25) is 0 Å². The molecule has 3 rings (SSSR count). The summed E-state index contributed by atoms with van der Waals surface area (Å²) in [5.74, 6) is 1.50. The average molecular weight is 368 g/mol. The standard InChI is InChI=1S/C22H28N2O3/c1-5-16-9-6-8-15(2)21(16)23-22(25)24-13-7-10-19(24)18-12-11-17(26-3)14-20(18)27-4/h6,8-9,11-12,14,19H,5,7,10,13H2,1-4H3,(H,23,25). The van der Waals surface area contributed by atoms with E-state index >= 15 is 0 Å². The van der Waals surface area contributed by atoms with Crippen LogP contribution in [0.5, 0.6) is 11.5 Å². The van der Waals surface area contributed by atoms with Gasteiger partial charge in [0, 0.05) is 23.9 Å². The molecule has 1 fully saturated rings. The summed E-state index contributed by atoms with van der Waals surface area (Å²) in [6.45, 7) is 4.87. The van der Waals surface area contributed by atoms with E-state index in [1.807, 2.05) is 42.2 Å². The van der Waals surface area contributed by atoms with E-state index in [9.17, 15) is 4.79 Å². The van der Waals surface area contributed by atoms with Crippen LogP contribution in [0.4, 0.5) is 10.5 Å². The number of aryl methyl sites for hydroxylation is 2. The van der Waals surface area contributed by atoms with Gasteiger partial charge in [0.05, 0.1) is 20.3 Å². The second-order valence-electron chi connectivity index (χ2n) is 6.85. The molecular formula is C22H28N2O3. The maximum atomic E-state index is 13.1. The first-order chi connectivity index (χ1) is 13.1. The maximum Gasteiger partial charge on any atom is 0.322 e. The Kier molecular flexibility index (Phi) is 5.89. The van der Waals surface area contributed by atoms with Crippen LogP contribution in [-0.2, 0) is 6.42 Å². The number of rotatable bonds is 5. The molecule has 1 atom stereocenters. The fourth-order valence-electron chi connectivity index (χ4n) is 3.81. The topological polar surface area (TPSA) is 50.8 Å². The minimum atomic E-state index is -0.0561. The molecule has 0 spiro atoms. The lowest BCUT2D eigenvalue weighted by Crippen LogP contribution is -2.35. The van der Waals surface area contributed by atoms with E-state index in [0.717, 1.165) is 59.7 Å². The lowest BCUT2D eigenvalue weighted by molar-refractivity contribution is 0.206. The van der Waals surface area contributed by atoms with Crippen LogP contribution in [0, 0.1) is 6.92 Å². The van der Waals surface area contributed by atoms with Crippen molar-refractivity contribution in [1.29, 1.82) is 0 Å². The molecule has 1 aliphatic rings. The van der Waals surface area contributed by atoms with Crippen LogP contribution in [0.25, 0.3) is 0 Å². The van der Waals surface area contributed by atoms with Crippen LogP contribution in [0.1, 0.15) is 42.5 Å². The summed E-state index contributed by atoms with van der Waals surface area (Å²) in [6, 6.07) is 11.9. The molecule has 0 saturated carbocycles. The summed E-state index contributed by atoms with van der Waals surface area (Å²) in [5.41, 5.74) is 4.19. The predicted molar refractivity (Wildman–Crippen MR) is 108 cm³/mol. The van der Waals surface area contributed by atoms with Crippen molar-refractivity contribution in [2.75, 3.05) is 26.1 Å². The molecule has 1 heterocycles. The van der Waals surface area contributed by atoms with Crippen molar-refractivity contribution in [2.24, 2.45) is 0 Å². The number of benzene rings is 2. The van der Waals surface area contributed by atoms with Gasteiger partial charge in [0.25, 0.3) is 0 Å². The molecule has 1 N–H and O–H groups in total. The Morgan fingerprint density at radius 3 is 2.74 bits per heavy atom. The third-order valence-corrected chi connectivity index (χ3v) is 5.29. The summed E-state index contributed by atoms with van der Waals surface area (Å²) >= 11 is 0. The van der Waals surface area contributed by atoms with Crippen LogP contribution < -0.4 is 14.8 Å². The van der Waals surface area contributed by atoms with Crippen molar-refractivity contribution in [1.82, 2.24) is 4.90 Å². The van der Waals surface area contributed by atoms with E-state index in [-0.39, 0.29) is 12.1 Å². The normalized spacial score (nSPS) is 16.3. The minimum absolute atomic E-state index is 0.0000454. The number of likely N-dealkylation sites (tertiary alicyclic amines) is 1. The monoisotopic (exact) mass is 368 g/mol. The molecule has 0 radical (unpaired) electrons. The van der Waals surface area contributed by atoms with Crippen molar-refractivity contribution in [2.45, 2.75) is 39.2 Å². The third-order valence-electron chi connectivity index (χ3n) is 5.29. The number of para-hydroxylation sites is 1. The first-order valence-electron chi connectivity index (χ1n) is 9.47. The zero-order chi connectivity index (χ0) is 19.4. The Hall–Kier alpha value is -2.69. The molecule has 5 nitrogen and oxygen atoms in total. The lowest BCUT2D eigenvalue weighted by Gasteiger charge is -2.27. The number of methoxy groups -OCH3 is 2. The first-order valence-corrected chi connectivity index (χ1v) is 9.47. The Morgan fingerprint density at radius 1 is 1.22 bits per heavy atom. The Morgan fingerprint density at radius 2 is 2.04 bits per heavy atom. The smallest absolute Gasteiger partial charge is 0.322 e. The van der Waals surface area contributed by atoms with Gasteiger partial charge in [-0.3, -0.25) is 0 Å². The molecule has 1 unspecified atom stereocenters. The van der Waals surface area contributed by atoms with E-state index in [4.69, 9.17) is 9.47 Å². The summed E-state index contributed by atoms with van der Waals surface area (Å²) in [6.07, 6.45) is 2.78. The number of hydrogen-bond acceptors (Lipinski definition) is 3. The summed E-state index contributed by atoms with van der Waals surface area (Å²) in [5, 5.41) is 3.15. The highest BCUT2D eigenvalue weighted by molar-refractivity contribution is 5.91. The second kappa shape index (κ2) is 8.33. The van der Waals surface area contributed by atoms with Crippen molar-refractivity contribution in [3.8, 4) is 11.5 Å². The number of carbonyl (C=O) groups is 1. The van der Waals surface area contributed by atoms with Gasteiger partial charge in [-0.25, -0.2) is 4.79 Å². The molecule has 0 aliphatic carbocycles. The molecular weight excluding hydrogens is 340 g/mol. The zero-order valence-corrected chi connectivity index (χ0v) is 16.5. The average Bonchev–Trinajstić information content (AvgIpc) is 3.18. The molecule has 1 saturated heterocycles. The van der Waals surface area contributed by atoms with Gasteiger partial charge in [0.15, 0.2) is 0 Å². The molecule has 0 aromatic heterocycles.